The van der Waals surface area contributed by atoms with Crippen LogP contribution in [0.2, 0.25) is 0 Å². The number of benzene rings is 1. The van der Waals surface area contributed by atoms with E-state index in [1.165, 1.54) is 26.2 Å². The molecule has 0 spiro atoms. The van der Waals surface area contributed by atoms with Gasteiger partial charge in [0.05, 0.1) is 22.3 Å². The Morgan fingerprint density at radius 1 is 1.38 bits per heavy atom. The number of nitrogens with zero attached hydrogens (tertiary/aromatic N) is 2. The molecule has 21 heavy (non-hydrogen) atoms. The fourth-order valence-electron chi connectivity index (χ4n) is 1.86. The Labute approximate surface area is 124 Å². The van der Waals surface area contributed by atoms with Gasteiger partial charge in [-0.2, -0.15) is 0 Å². The fourth-order valence-corrected chi connectivity index (χ4v) is 2.80. The molecule has 2 aromatic rings. The maximum atomic E-state index is 12.0. The van der Waals surface area contributed by atoms with Crippen LogP contribution in [0.5, 0.6) is 0 Å². The molecular weight excluding hydrogens is 290 g/mol. The zero-order valence-corrected chi connectivity index (χ0v) is 13.0. The molecule has 0 radical (unpaired) electrons. The Morgan fingerprint density at radius 2 is 2.10 bits per heavy atom. The number of aromatic amines is 1. The first kappa shape index (κ1) is 15.3. The van der Waals surface area contributed by atoms with Gasteiger partial charge in [-0.15, -0.1) is 0 Å². The monoisotopic (exact) mass is 309 g/mol. The molecule has 0 aliphatic carbocycles. The van der Waals surface area contributed by atoms with E-state index in [0.717, 1.165) is 10.1 Å². The lowest BCUT2D eigenvalue weighted by Gasteiger charge is -2.17. The van der Waals surface area contributed by atoms with E-state index >= 15 is 0 Å². The summed E-state index contributed by atoms with van der Waals surface area (Å²) in [5.74, 6) is 0.777. The molecule has 1 aromatic heterocycles. The van der Waals surface area contributed by atoms with Gasteiger partial charge in [0, 0.05) is 26.5 Å². The SMILES string of the molecule is CC(Nc1ccc(S(=O)(=O)N(C)C)cc1N)c1ncc[nH]1. The fraction of sp³-hybridized carbons (Fsp3) is 0.308. The van der Waals surface area contributed by atoms with Gasteiger partial charge in [0.1, 0.15) is 5.82 Å². The minimum atomic E-state index is -3.48. The summed E-state index contributed by atoms with van der Waals surface area (Å²) >= 11 is 0. The van der Waals surface area contributed by atoms with Crippen LogP contribution in [0.4, 0.5) is 11.4 Å². The highest BCUT2D eigenvalue weighted by atomic mass is 32.2. The second-order valence-electron chi connectivity index (χ2n) is 4.88. The lowest BCUT2D eigenvalue weighted by molar-refractivity contribution is 0.521. The third kappa shape index (κ3) is 3.17. The molecule has 114 valence electrons. The van der Waals surface area contributed by atoms with Gasteiger partial charge >= 0.3 is 0 Å². The average molecular weight is 309 g/mol. The molecule has 0 aliphatic rings. The van der Waals surface area contributed by atoms with Crippen molar-refractivity contribution in [1.82, 2.24) is 14.3 Å². The van der Waals surface area contributed by atoms with Crippen LogP contribution >= 0.6 is 0 Å². The summed E-state index contributed by atoms with van der Waals surface area (Å²) in [4.78, 5) is 7.34. The molecule has 1 aromatic carbocycles. The summed E-state index contributed by atoms with van der Waals surface area (Å²) in [5.41, 5.74) is 6.98. The van der Waals surface area contributed by atoms with E-state index in [1.807, 2.05) is 6.92 Å². The summed E-state index contributed by atoms with van der Waals surface area (Å²) < 4.78 is 25.2. The van der Waals surface area contributed by atoms with Crippen molar-refractivity contribution in [3.8, 4) is 0 Å². The molecule has 0 aliphatic heterocycles. The van der Waals surface area contributed by atoms with Crippen LogP contribution < -0.4 is 11.1 Å². The van der Waals surface area contributed by atoms with Crippen LogP contribution in [0.15, 0.2) is 35.5 Å². The number of sulfonamides is 1. The lowest BCUT2D eigenvalue weighted by atomic mass is 10.2. The summed E-state index contributed by atoms with van der Waals surface area (Å²) in [7, 11) is -0.515. The van der Waals surface area contributed by atoms with Crippen LogP contribution in [-0.2, 0) is 10.0 Å². The summed E-state index contributed by atoms with van der Waals surface area (Å²) in [6.45, 7) is 1.93. The maximum Gasteiger partial charge on any atom is 0.242 e. The topological polar surface area (TPSA) is 104 Å². The van der Waals surface area contributed by atoms with Crippen LogP contribution in [-0.4, -0.2) is 36.8 Å². The van der Waals surface area contributed by atoms with E-state index in [9.17, 15) is 8.42 Å². The van der Waals surface area contributed by atoms with E-state index in [0.29, 0.717) is 11.4 Å². The summed E-state index contributed by atoms with van der Waals surface area (Å²) in [5, 5.41) is 3.19. The first-order chi connectivity index (χ1) is 9.82. The highest BCUT2D eigenvalue weighted by Gasteiger charge is 2.18. The highest BCUT2D eigenvalue weighted by Crippen LogP contribution is 2.26. The standard InChI is InChI=1S/C13H19N5O2S/c1-9(13-15-6-7-16-13)17-12-5-4-10(8-11(12)14)21(19,20)18(2)3/h4-9,17H,14H2,1-3H3,(H,15,16). The first-order valence-corrected chi connectivity index (χ1v) is 7.84. The number of imidazole rings is 1. The zero-order chi connectivity index (χ0) is 15.6. The van der Waals surface area contributed by atoms with Crippen molar-refractivity contribution in [3.63, 3.8) is 0 Å². The first-order valence-electron chi connectivity index (χ1n) is 6.40. The van der Waals surface area contributed by atoms with Crippen molar-refractivity contribution in [2.75, 3.05) is 25.1 Å². The second-order valence-corrected chi connectivity index (χ2v) is 7.03. The largest absolute Gasteiger partial charge is 0.397 e. The van der Waals surface area contributed by atoms with Crippen molar-refractivity contribution in [2.24, 2.45) is 0 Å². The third-order valence-electron chi connectivity index (χ3n) is 3.10. The molecule has 0 bridgehead atoms. The van der Waals surface area contributed by atoms with E-state index in [1.54, 1.807) is 18.5 Å². The predicted molar refractivity (Wildman–Crippen MR) is 82.4 cm³/mol. The molecule has 0 amide bonds. The van der Waals surface area contributed by atoms with E-state index in [-0.39, 0.29) is 10.9 Å². The van der Waals surface area contributed by atoms with Gasteiger partial charge in [-0.05, 0) is 25.1 Å². The highest BCUT2D eigenvalue weighted by molar-refractivity contribution is 7.89. The van der Waals surface area contributed by atoms with Gasteiger partial charge in [0.25, 0.3) is 0 Å². The molecule has 1 heterocycles. The number of nitrogens with one attached hydrogen (secondary N) is 2. The number of aromatic nitrogens is 2. The van der Waals surface area contributed by atoms with Crippen molar-refractivity contribution in [3.05, 3.63) is 36.4 Å². The Morgan fingerprint density at radius 3 is 2.62 bits per heavy atom. The van der Waals surface area contributed by atoms with Crippen LogP contribution in [0.25, 0.3) is 0 Å². The van der Waals surface area contributed by atoms with E-state index < -0.39 is 10.0 Å². The quantitative estimate of drug-likeness (QED) is 0.725. The molecule has 0 saturated carbocycles. The Bertz CT molecular complexity index is 710. The van der Waals surface area contributed by atoms with Crippen LogP contribution in [0.3, 0.4) is 0 Å². The third-order valence-corrected chi connectivity index (χ3v) is 4.91. The number of nitrogen functional groups attached to an aromatic ring is 1. The molecule has 0 fully saturated rings. The van der Waals surface area contributed by atoms with Crippen molar-refractivity contribution >= 4 is 21.4 Å². The molecular formula is C13H19N5O2S. The van der Waals surface area contributed by atoms with Crippen molar-refractivity contribution < 1.29 is 8.42 Å². The lowest BCUT2D eigenvalue weighted by Crippen LogP contribution is -2.22. The molecule has 1 atom stereocenters. The number of H-pyrrole nitrogens is 1. The van der Waals surface area contributed by atoms with Crippen LogP contribution in [0.1, 0.15) is 18.8 Å². The molecule has 1 unspecified atom stereocenters. The smallest absolute Gasteiger partial charge is 0.242 e. The zero-order valence-electron chi connectivity index (χ0n) is 12.2. The van der Waals surface area contributed by atoms with Crippen molar-refractivity contribution in [2.45, 2.75) is 17.9 Å². The molecule has 4 N–H and O–H groups in total. The number of rotatable bonds is 5. The average Bonchev–Trinajstić information content (AvgIpc) is 2.94. The Kier molecular flexibility index (Phi) is 4.19. The van der Waals surface area contributed by atoms with E-state index in [2.05, 4.69) is 15.3 Å². The molecule has 0 saturated heterocycles. The second kappa shape index (κ2) is 5.74. The number of anilines is 2. The minimum absolute atomic E-state index is 0.0707. The van der Waals surface area contributed by atoms with Crippen LogP contribution in [0, 0.1) is 0 Å². The van der Waals surface area contributed by atoms with Gasteiger partial charge in [-0.25, -0.2) is 17.7 Å². The molecule has 8 heteroatoms. The Balaban J connectivity index is 2.24. The molecule has 7 nitrogen and oxygen atoms in total. The van der Waals surface area contributed by atoms with Gasteiger partial charge in [0.15, 0.2) is 0 Å². The van der Waals surface area contributed by atoms with E-state index in [4.69, 9.17) is 5.73 Å². The molecule has 2 rings (SSSR count). The number of hydrogen-bond acceptors (Lipinski definition) is 5. The van der Waals surface area contributed by atoms with Gasteiger partial charge in [0.2, 0.25) is 10.0 Å². The van der Waals surface area contributed by atoms with Gasteiger partial charge < -0.3 is 16.0 Å². The minimum Gasteiger partial charge on any atom is -0.397 e. The summed E-state index contributed by atoms with van der Waals surface area (Å²) in [6.07, 6.45) is 3.41. The number of nitrogens with two attached hydrogens (primary N) is 1. The maximum absolute atomic E-state index is 12.0. The number of hydrogen-bond donors (Lipinski definition) is 3. The summed E-state index contributed by atoms with van der Waals surface area (Å²) in [6, 6.07) is 4.57. The van der Waals surface area contributed by atoms with Crippen molar-refractivity contribution in [1.29, 1.82) is 0 Å². The van der Waals surface area contributed by atoms with Gasteiger partial charge in [-0.3, -0.25) is 0 Å². The normalized spacial score (nSPS) is 13.3. The Hall–Kier alpha value is -2.06. The predicted octanol–water partition coefficient (Wildman–Crippen LogP) is 1.42. The van der Waals surface area contributed by atoms with Gasteiger partial charge in [-0.1, -0.05) is 0 Å².